The Kier molecular flexibility index (Phi) is 5.97. The second-order valence-electron chi connectivity index (χ2n) is 4.99. The van der Waals surface area contributed by atoms with Crippen molar-refractivity contribution >= 4 is 17.3 Å². The minimum Gasteiger partial charge on any atom is -0.494 e. The fourth-order valence-corrected chi connectivity index (χ4v) is 2.27. The first kappa shape index (κ1) is 16.8. The van der Waals surface area contributed by atoms with Crippen LogP contribution < -0.4 is 10.1 Å². The molecule has 0 unspecified atom stereocenters. The molecule has 0 saturated carbocycles. The van der Waals surface area contributed by atoms with Crippen LogP contribution in [-0.4, -0.2) is 35.5 Å². The molecule has 5 nitrogen and oxygen atoms in total. The van der Waals surface area contributed by atoms with E-state index in [2.05, 4.69) is 10.3 Å². The molecular weight excluding hydrogens is 290 g/mol. The molecule has 23 heavy (non-hydrogen) atoms. The normalized spacial score (nSPS) is 10.2. The van der Waals surface area contributed by atoms with Gasteiger partial charge in [0.1, 0.15) is 11.4 Å². The third-order valence-electron chi connectivity index (χ3n) is 3.48. The van der Waals surface area contributed by atoms with Crippen molar-refractivity contribution in [1.82, 2.24) is 9.88 Å². The summed E-state index contributed by atoms with van der Waals surface area (Å²) < 4.78 is 5.42. The summed E-state index contributed by atoms with van der Waals surface area (Å²) in [5.74, 6) is 0.788. The van der Waals surface area contributed by atoms with Crippen LogP contribution in [0.5, 0.6) is 5.75 Å². The molecule has 1 N–H and O–H groups in total. The summed E-state index contributed by atoms with van der Waals surface area (Å²) in [6.45, 7) is 7.87. The highest BCUT2D eigenvalue weighted by Gasteiger charge is 2.14. The van der Waals surface area contributed by atoms with Crippen LogP contribution in [0.15, 0.2) is 42.6 Å². The quantitative estimate of drug-likeness (QED) is 0.846. The fourth-order valence-electron chi connectivity index (χ4n) is 2.27. The number of hydrogen-bond acceptors (Lipinski definition) is 4. The Bertz CT molecular complexity index is 637. The van der Waals surface area contributed by atoms with E-state index >= 15 is 0 Å². The highest BCUT2D eigenvalue weighted by molar-refractivity contribution is 5.93. The zero-order valence-electron chi connectivity index (χ0n) is 13.9. The van der Waals surface area contributed by atoms with E-state index in [0.29, 0.717) is 25.4 Å². The van der Waals surface area contributed by atoms with Crippen LogP contribution >= 0.6 is 0 Å². The maximum Gasteiger partial charge on any atom is 0.272 e. The minimum atomic E-state index is -0.0506. The van der Waals surface area contributed by atoms with E-state index in [4.69, 9.17) is 4.74 Å². The van der Waals surface area contributed by atoms with Crippen molar-refractivity contribution in [2.24, 2.45) is 0 Å². The topological polar surface area (TPSA) is 54.5 Å². The van der Waals surface area contributed by atoms with Crippen molar-refractivity contribution in [3.63, 3.8) is 0 Å². The number of rotatable bonds is 7. The van der Waals surface area contributed by atoms with E-state index in [1.807, 2.05) is 51.1 Å². The molecule has 1 amide bonds. The lowest BCUT2D eigenvalue weighted by Gasteiger charge is -2.18. The van der Waals surface area contributed by atoms with Gasteiger partial charge < -0.3 is 15.0 Å². The Hall–Kier alpha value is -2.56. The lowest BCUT2D eigenvalue weighted by molar-refractivity contribution is 0.0767. The first-order chi connectivity index (χ1) is 11.2. The number of pyridine rings is 1. The molecule has 2 aromatic rings. The number of carbonyl (C=O) groups is 1. The monoisotopic (exact) mass is 313 g/mol. The predicted octanol–water partition coefficient (Wildman–Crippen LogP) is 3.71. The zero-order chi connectivity index (χ0) is 16.7. The van der Waals surface area contributed by atoms with Gasteiger partial charge in [-0.15, -0.1) is 0 Å². The number of amides is 1. The van der Waals surface area contributed by atoms with E-state index in [9.17, 15) is 4.79 Å². The lowest BCUT2D eigenvalue weighted by Crippen LogP contribution is -2.31. The third kappa shape index (κ3) is 4.45. The van der Waals surface area contributed by atoms with E-state index < -0.39 is 0 Å². The minimum absolute atomic E-state index is 0.0506. The van der Waals surface area contributed by atoms with Crippen LogP contribution in [0.1, 0.15) is 31.3 Å². The van der Waals surface area contributed by atoms with Crippen LogP contribution in [0.25, 0.3) is 0 Å². The molecule has 0 radical (unpaired) electrons. The van der Waals surface area contributed by atoms with Gasteiger partial charge in [-0.3, -0.25) is 9.78 Å². The smallest absolute Gasteiger partial charge is 0.272 e. The average Bonchev–Trinajstić information content (AvgIpc) is 2.58. The maximum atomic E-state index is 12.3. The Labute approximate surface area is 137 Å². The van der Waals surface area contributed by atoms with Crippen LogP contribution in [0, 0.1) is 0 Å². The van der Waals surface area contributed by atoms with Gasteiger partial charge in [-0.05, 0) is 57.2 Å². The number of carbonyl (C=O) groups excluding carboxylic acids is 1. The SMILES string of the molecule is CCOc1ccc(Nc2ccnc(C(=O)N(CC)CC)c2)cc1. The van der Waals surface area contributed by atoms with Gasteiger partial charge in [-0.1, -0.05) is 0 Å². The first-order valence-corrected chi connectivity index (χ1v) is 7.93. The van der Waals surface area contributed by atoms with E-state index in [1.54, 1.807) is 17.2 Å². The molecule has 0 fully saturated rings. The Morgan fingerprint density at radius 2 is 1.78 bits per heavy atom. The van der Waals surface area contributed by atoms with Crippen molar-refractivity contribution in [2.45, 2.75) is 20.8 Å². The van der Waals surface area contributed by atoms with E-state index in [-0.39, 0.29) is 5.91 Å². The molecule has 1 aromatic carbocycles. The van der Waals surface area contributed by atoms with Crippen molar-refractivity contribution in [3.05, 3.63) is 48.3 Å². The largest absolute Gasteiger partial charge is 0.494 e. The van der Waals surface area contributed by atoms with Crippen LogP contribution in [0.4, 0.5) is 11.4 Å². The second kappa shape index (κ2) is 8.17. The van der Waals surface area contributed by atoms with Gasteiger partial charge in [-0.2, -0.15) is 0 Å². The molecule has 122 valence electrons. The summed E-state index contributed by atoms with van der Waals surface area (Å²) in [5, 5.41) is 3.28. The number of ether oxygens (including phenoxy) is 1. The summed E-state index contributed by atoms with van der Waals surface area (Å²) in [6.07, 6.45) is 1.65. The fraction of sp³-hybridized carbons (Fsp3) is 0.333. The van der Waals surface area contributed by atoms with Gasteiger partial charge in [0.05, 0.1) is 6.61 Å². The highest BCUT2D eigenvalue weighted by Crippen LogP contribution is 2.20. The average molecular weight is 313 g/mol. The van der Waals surface area contributed by atoms with Gasteiger partial charge in [0.25, 0.3) is 5.91 Å². The second-order valence-corrected chi connectivity index (χ2v) is 4.99. The predicted molar refractivity (Wildman–Crippen MR) is 92.4 cm³/mol. The lowest BCUT2D eigenvalue weighted by atomic mass is 10.2. The molecule has 0 atom stereocenters. The van der Waals surface area contributed by atoms with Crippen molar-refractivity contribution in [3.8, 4) is 5.75 Å². The summed E-state index contributed by atoms with van der Waals surface area (Å²) in [7, 11) is 0. The Morgan fingerprint density at radius 1 is 1.09 bits per heavy atom. The molecule has 0 spiro atoms. The molecule has 0 bridgehead atoms. The molecule has 0 aliphatic rings. The zero-order valence-corrected chi connectivity index (χ0v) is 13.9. The Morgan fingerprint density at radius 3 is 2.39 bits per heavy atom. The number of anilines is 2. The molecule has 0 saturated heterocycles. The van der Waals surface area contributed by atoms with Crippen LogP contribution in [0.2, 0.25) is 0 Å². The standard InChI is InChI=1S/C18H23N3O2/c1-4-21(5-2)18(22)17-13-15(11-12-19-17)20-14-7-9-16(10-8-14)23-6-3/h7-13H,4-6H2,1-3H3,(H,19,20). The summed E-state index contributed by atoms with van der Waals surface area (Å²) in [5.41, 5.74) is 2.21. The van der Waals surface area contributed by atoms with Gasteiger partial charge >= 0.3 is 0 Å². The summed E-state index contributed by atoms with van der Waals surface area (Å²) >= 11 is 0. The van der Waals surface area contributed by atoms with Gasteiger partial charge in [-0.25, -0.2) is 0 Å². The Balaban J connectivity index is 2.12. The van der Waals surface area contributed by atoms with Crippen LogP contribution in [0.3, 0.4) is 0 Å². The maximum absolute atomic E-state index is 12.3. The highest BCUT2D eigenvalue weighted by atomic mass is 16.5. The third-order valence-corrected chi connectivity index (χ3v) is 3.48. The van der Waals surface area contributed by atoms with E-state index in [1.165, 1.54) is 0 Å². The number of nitrogens with zero attached hydrogens (tertiary/aromatic N) is 2. The van der Waals surface area contributed by atoms with Crippen molar-refractivity contribution < 1.29 is 9.53 Å². The molecule has 1 aromatic heterocycles. The molecule has 1 heterocycles. The van der Waals surface area contributed by atoms with Crippen LogP contribution in [-0.2, 0) is 0 Å². The van der Waals surface area contributed by atoms with Gasteiger partial charge in [0.15, 0.2) is 0 Å². The summed E-state index contributed by atoms with van der Waals surface area (Å²) in [4.78, 5) is 18.3. The van der Waals surface area contributed by atoms with Crippen molar-refractivity contribution in [1.29, 1.82) is 0 Å². The number of aromatic nitrogens is 1. The van der Waals surface area contributed by atoms with E-state index in [0.717, 1.165) is 17.1 Å². The summed E-state index contributed by atoms with van der Waals surface area (Å²) in [6, 6.07) is 11.3. The van der Waals surface area contributed by atoms with Gasteiger partial charge in [0.2, 0.25) is 0 Å². The molecule has 0 aliphatic heterocycles. The molecular formula is C18H23N3O2. The molecule has 0 aliphatic carbocycles. The first-order valence-electron chi connectivity index (χ1n) is 7.93. The number of hydrogen-bond donors (Lipinski definition) is 1. The number of nitrogens with one attached hydrogen (secondary N) is 1. The number of benzene rings is 1. The van der Waals surface area contributed by atoms with Crippen molar-refractivity contribution in [2.75, 3.05) is 25.0 Å². The van der Waals surface area contributed by atoms with Gasteiger partial charge in [0, 0.05) is 30.7 Å². The molecule has 5 heteroatoms. The molecule has 2 rings (SSSR count).